The van der Waals surface area contributed by atoms with Gasteiger partial charge in [0, 0.05) is 24.9 Å². The summed E-state index contributed by atoms with van der Waals surface area (Å²) in [5.74, 6) is 0.781. The number of ketones is 1. The molecular weight excluding hydrogens is 326 g/mol. The number of ether oxygens (including phenoxy) is 1. The molecule has 0 radical (unpaired) electrons. The molecule has 1 aromatic carbocycles. The van der Waals surface area contributed by atoms with Gasteiger partial charge in [0.05, 0.1) is 12.0 Å². The van der Waals surface area contributed by atoms with Crippen molar-refractivity contribution in [1.82, 2.24) is 4.31 Å². The van der Waals surface area contributed by atoms with Crippen molar-refractivity contribution in [3.05, 3.63) is 23.8 Å². The standard InChI is InChI=1S/C18H25NO4S/c1-13-12-14(9-10-18(13)23-2)24(21,22)19-11-5-7-16(19)15-6-3-4-8-17(15)20/h9-10,12,15-16H,3-8,11H2,1-2H3/t15-,16-/m1/s1. The van der Waals surface area contributed by atoms with E-state index < -0.39 is 10.0 Å². The van der Waals surface area contributed by atoms with Crippen LogP contribution in [0.5, 0.6) is 5.75 Å². The maximum absolute atomic E-state index is 13.1. The molecule has 3 rings (SSSR count). The first-order chi connectivity index (χ1) is 11.4. The number of aryl methyl sites for hydroxylation is 1. The van der Waals surface area contributed by atoms with Gasteiger partial charge in [-0.05, 0) is 56.4 Å². The van der Waals surface area contributed by atoms with Gasteiger partial charge in [-0.15, -0.1) is 0 Å². The summed E-state index contributed by atoms with van der Waals surface area (Å²) in [4.78, 5) is 12.6. The zero-order chi connectivity index (χ0) is 17.3. The summed E-state index contributed by atoms with van der Waals surface area (Å²) in [5, 5.41) is 0. The summed E-state index contributed by atoms with van der Waals surface area (Å²) in [7, 11) is -2.01. The van der Waals surface area contributed by atoms with Crippen molar-refractivity contribution in [2.24, 2.45) is 5.92 Å². The summed E-state index contributed by atoms with van der Waals surface area (Å²) >= 11 is 0. The fraction of sp³-hybridized carbons (Fsp3) is 0.611. The predicted molar refractivity (Wildman–Crippen MR) is 91.6 cm³/mol. The highest BCUT2D eigenvalue weighted by Crippen LogP contribution is 2.36. The molecule has 0 spiro atoms. The summed E-state index contributed by atoms with van der Waals surface area (Å²) in [5.41, 5.74) is 0.795. The van der Waals surface area contributed by atoms with Gasteiger partial charge in [-0.3, -0.25) is 4.79 Å². The Morgan fingerprint density at radius 1 is 1.17 bits per heavy atom. The predicted octanol–water partition coefficient (Wildman–Crippen LogP) is 2.92. The van der Waals surface area contributed by atoms with Gasteiger partial charge < -0.3 is 4.74 Å². The van der Waals surface area contributed by atoms with E-state index in [0.717, 1.165) is 37.7 Å². The molecule has 2 atom stereocenters. The van der Waals surface area contributed by atoms with Crippen LogP contribution in [0.1, 0.15) is 44.1 Å². The van der Waals surface area contributed by atoms with E-state index in [9.17, 15) is 13.2 Å². The molecule has 0 aromatic heterocycles. The highest BCUT2D eigenvalue weighted by molar-refractivity contribution is 7.89. The average molecular weight is 351 g/mol. The van der Waals surface area contributed by atoms with E-state index in [0.29, 0.717) is 18.7 Å². The number of sulfonamides is 1. The Labute approximate surface area is 144 Å². The van der Waals surface area contributed by atoms with Gasteiger partial charge in [-0.2, -0.15) is 4.31 Å². The van der Waals surface area contributed by atoms with Gasteiger partial charge in [0.15, 0.2) is 0 Å². The summed E-state index contributed by atoms with van der Waals surface area (Å²) in [6.45, 7) is 2.34. The Hall–Kier alpha value is -1.40. The third kappa shape index (κ3) is 3.09. The van der Waals surface area contributed by atoms with Gasteiger partial charge >= 0.3 is 0 Å². The van der Waals surface area contributed by atoms with E-state index in [2.05, 4.69) is 0 Å². The number of hydrogen-bond donors (Lipinski definition) is 0. The second-order valence-electron chi connectivity index (χ2n) is 6.78. The first-order valence-electron chi connectivity index (χ1n) is 8.64. The Balaban J connectivity index is 1.90. The Kier molecular flexibility index (Phi) is 4.97. The molecule has 2 fully saturated rings. The van der Waals surface area contributed by atoms with Crippen LogP contribution in [0, 0.1) is 12.8 Å². The number of carbonyl (C=O) groups excluding carboxylic acids is 1. The van der Waals surface area contributed by atoms with Gasteiger partial charge in [0.1, 0.15) is 11.5 Å². The molecule has 5 nitrogen and oxygen atoms in total. The van der Waals surface area contributed by atoms with Gasteiger partial charge in [-0.1, -0.05) is 6.42 Å². The molecule has 0 unspecified atom stereocenters. The SMILES string of the molecule is COc1ccc(S(=O)(=O)N2CCC[C@@H]2[C@H]2CCCCC2=O)cc1C. The Morgan fingerprint density at radius 3 is 2.62 bits per heavy atom. The summed E-state index contributed by atoms with van der Waals surface area (Å²) in [6, 6.07) is 4.77. The maximum Gasteiger partial charge on any atom is 0.243 e. The van der Waals surface area contributed by atoms with Crippen molar-refractivity contribution in [2.75, 3.05) is 13.7 Å². The van der Waals surface area contributed by atoms with E-state index >= 15 is 0 Å². The lowest BCUT2D eigenvalue weighted by molar-refractivity contribution is -0.126. The molecule has 0 bridgehead atoms. The third-order valence-electron chi connectivity index (χ3n) is 5.29. The number of Topliss-reactive ketones (excluding diaryl/α,β-unsaturated/α-hetero) is 1. The van der Waals surface area contributed by atoms with Crippen LogP contribution >= 0.6 is 0 Å². The van der Waals surface area contributed by atoms with Crippen LogP contribution in [0.2, 0.25) is 0 Å². The van der Waals surface area contributed by atoms with Crippen molar-refractivity contribution in [1.29, 1.82) is 0 Å². The fourth-order valence-corrected chi connectivity index (χ4v) is 5.84. The molecule has 6 heteroatoms. The summed E-state index contributed by atoms with van der Waals surface area (Å²) in [6.07, 6.45) is 4.97. The lowest BCUT2D eigenvalue weighted by Gasteiger charge is -2.32. The molecule has 1 saturated heterocycles. The first kappa shape index (κ1) is 17.4. The molecule has 1 saturated carbocycles. The number of rotatable bonds is 4. The zero-order valence-corrected chi connectivity index (χ0v) is 15.1. The number of hydrogen-bond acceptors (Lipinski definition) is 4. The molecule has 1 aliphatic heterocycles. The number of nitrogens with zero attached hydrogens (tertiary/aromatic N) is 1. The molecule has 0 amide bonds. The molecule has 1 heterocycles. The minimum atomic E-state index is -3.58. The van der Waals surface area contributed by atoms with Gasteiger partial charge in [-0.25, -0.2) is 8.42 Å². The lowest BCUT2D eigenvalue weighted by atomic mass is 9.82. The van der Waals surface area contributed by atoms with E-state index in [1.54, 1.807) is 29.6 Å². The minimum absolute atomic E-state index is 0.129. The Morgan fingerprint density at radius 2 is 1.96 bits per heavy atom. The quantitative estimate of drug-likeness (QED) is 0.837. The van der Waals surface area contributed by atoms with Gasteiger partial charge in [0.25, 0.3) is 0 Å². The number of benzene rings is 1. The number of carbonyl (C=O) groups is 1. The monoisotopic (exact) mass is 351 g/mol. The Bertz CT molecular complexity index is 729. The van der Waals surface area contributed by atoms with Crippen molar-refractivity contribution >= 4 is 15.8 Å². The molecule has 1 aliphatic carbocycles. The van der Waals surface area contributed by atoms with Crippen LogP contribution in [0.3, 0.4) is 0 Å². The first-order valence-corrected chi connectivity index (χ1v) is 10.1. The molecule has 24 heavy (non-hydrogen) atoms. The van der Waals surface area contributed by atoms with E-state index in [-0.39, 0.29) is 22.6 Å². The minimum Gasteiger partial charge on any atom is -0.496 e. The second-order valence-corrected chi connectivity index (χ2v) is 8.67. The average Bonchev–Trinajstić information content (AvgIpc) is 3.05. The second kappa shape index (κ2) is 6.84. The van der Waals surface area contributed by atoms with E-state index in [1.165, 1.54) is 0 Å². The van der Waals surface area contributed by atoms with Crippen LogP contribution < -0.4 is 4.74 Å². The van der Waals surface area contributed by atoms with Crippen molar-refractivity contribution in [3.8, 4) is 5.75 Å². The van der Waals surface area contributed by atoms with Crippen LogP contribution in [-0.4, -0.2) is 38.2 Å². The normalized spacial score (nSPS) is 25.8. The van der Waals surface area contributed by atoms with Crippen LogP contribution in [-0.2, 0) is 14.8 Å². The highest BCUT2D eigenvalue weighted by Gasteiger charge is 2.42. The molecule has 132 valence electrons. The molecule has 0 N–H and O–H groups in total. The van der Waals surface area contributed by atoms with Crippen LogP contribution in [0.15, 0.2) is 23.1 Å². The van der Waals surface area contributed by atoms with E-state index in [1.807, 2.05) is 6.92 Å². The van der Waals surface area contributed by atoms with Crippen molar-refractivity contribution in [2.45, 2.75) is 56.4 Å². The van der Waals surface area contributed by atoms with E-state index in [4.69, 9.17) is 4.74 Å². The van der Waals surface area contributed by atoms with Crippen molar-refractivity contribution < 1.29 is 17.9 Å². The fourth-order valence-electron chi connectivity index (χ4n) is 4.03. The largest absolute Gasteiger partial charge is 0.496 e. The van der Waals surface area contributed by atoms with Crippen molar-refractivity contribution in [3.63, 3.8) is 0 Å². The smallest absolute Gasteiger partial charge is 0.243 e. The summed E-state index contributed by atoms with van der Waals surface area (Å²) < 4.78 is 33.0. The highest BCUT2D eigenvalue weighted by atomic mass is 32.2. The molecule has 1 aromatic rings. The van der Waals surface area contributed by atoms with Crippen LogP contribution in [0.25, 0.3) is 0 Å². The lowest BCUT2D eigenvalue weighted by Crippen LogP contribution is -2.43. The van der Waals surface area contributed by atoms with Crippen LogP contribution in [0.4, 0.5) is 0 Å². The molecule has 2 aliphatic rings. The zero-order valence-electron chi connectivity index (χ0n) is 14.3. The number of methoxy groups -OCH3 is 1. The topological polar surface area (TPSA) is 63.7 Å². The third-order valence-corrected chi connectivity index (χ3v) is 7.21. The molecular formula is C18H25NO4S. The maximum atomic E-state index is 13.1. The van der Waals surface area contributed by atoms with Gasteiger partial charge in [0.2, 0.25) is 10.0 Å².